The summed E-state index contributed by atoms with van der Waals surface area (Å²) in [6.07, 6.45) is 5.11. The first kappa shape index (κ1) is 13.6. The van der Waals surface area contributed by atoms with Gasteiger partial charge in [-0.25, -0.2) is 0 Å². The topological polar surface area (TPSA) is 29.5 Å². The van der Waals surface area contributed by atoms with Crippen molar-refractivity contribution in [2.24, 2.45) is 5.41 Å². The fourth-order valence-corrected chi connectivity index (χ4v) is 4.15. The molecule has 0 saturated carbocycles. The summed E-state index contributed by atoms with van der Waals surface area (Å²) in [5, 5.41) is 0. The van der Waals surface area contributed by atoms with Crippen LogP contribution in [-0.4, -0.2) is 37.1 Å². The summed E-state index contributed by atoms with van der Waals surface area (Å²) >= 11 is 0. The molecule has 2 aliphatic heterocycles. The smallest absolute Gasteiger partial charge is 0.312 e. The van der Waals surface area contributed by atoms with E-state index in [0.717, 1.165) is 19.3 Å². The van der Waals surface area contributed by atoms with E-state index in [4.69, 9.17) is 4.74 Å². The molecule has 2 bridgehead atoms. The highest BCUT2D eigenvalue weighted by atomic mass is 16.5. The van der Waals surface area contributed by atoms with Crippen LogP contribution < -0.4 is 0 Å². The molecule has 3 heteroatoms. The second kappa shape index (κ2) is 5.21. The molecule has 2 atom stereocenters. The third kappa shape index (κ3) is 2.24. The highest BCUT2D eigenvalue weighted by Crippen LogP contribution is 2.47. The van der Waals surface area contributed by atoms with Gasteiger partial charge >= 0.3 is 5.97 Å². The molecular weight excluding hydrogens is 250 g/mol. The Bertz CT molecular complexity index is 471. The molecule has 2 fully saturated rings. The van der Waals surface area contributed by atoms with E-state index < -0.39 is 0 Å². The predicted octanol–water partition coefficient (Wildman–Crippen LogP) is 2.65. The van der Waals surface area contributed by atoms with Crippen molar-refractivity contribution in [3.8, 4) is 0 Å². The third-order valence-electron chi connectivity index (χ3n) is 5.24. The summed E-state index contributed by atoms with van der Waals surface area (Å²) in [7, 11) is 3.72. The predicted molar refractivity (Wildman–Crippen MR) is 78.4 cm³/mol. The van der Waals surface area contributed by atoms with Crippen molar-refractivity contribution in [1.82, 2.24) is 4.90 Å². The lowest BCUT2D eigenvalue weighted by Gasteiger charge is -2.43. The van der Waals surface area contributed by atoms with Crippen molar-refractivity contribution in [3.63, 3.8) is 0 Å². The number of nitrogens with zero attached hydrogens (tertiary/aromatic N) is 1. The van der Waals surface area contributed by atoms with Gasteiger partial charge in [-0.1, -0.05) is 30.3 Å². The van der Waals surface area contributed by atoms with E-state index in [1.54, 1.807) is 0 Å². The number of hydrogen-bond donors (Lipinski definition) is 0. The van der Waals surface area contributed by atoms with Crippen molar-refractivity contribution in [1.29, 1.82) is 0 Å². The molecule has 2 unspecified atom stereocenters. The zero-order valence-corrected chi connectivity index (χ0v) is 12.3. The number of esters is 1. The van der Waals surface area contributed by atoms with Gasteiger partial charge in [0.2, 0.25) is 0 Å². The van der Waals surface area contributed by atoms with Gasteiger partial charge in [0, 0.05) is 12.1 Å². The van der Waals surface area contributed by atoms with Crippen LogP contribution in [0.1, 0.15) is 31.2 Å². The van der Waals surface area contributed by atoms with Crippen molar-refractivity contribution in [3.05, 3.63) is 35.9 Å². The second-order valence-corrected chi connectivity index (χ2v) is 6.39. The Kier molecular flexibility index (Phi) is 3.55. The third-order valence-corrected chi connectivity index (χ3v) is 5.24. The molecule has 1 aromatic carbocycles. The van der Waals surface area contributed by atoms with Crippen LogP contribution in [0.15, 0.2) is 30.3 Å². The van der Waals surface area contributed by atoms with Gasteiger partial charge in [-0.3, -0.25) is 4.79 Å². The van der Waals surface area contributed by atoms with Gasteiger partial charge in [0.15, 0.2) is 0 Å². The monoisotopic (exact) mass is 273 g/mol. The molecule has 20 heavy (non-hydrogen) atoms. The summed E-state index contributed by atoms with van der Waals surface area (Å²) in [6, 6.07) is 11.4. The molecule has 1 aromatic rings. The average Bonchev–Trinajstić information content (AvgIpc) is 2.70. The van der Waals surface area contributed by atoms with Crippen LogP contribution in [0.25, 0.3) is 0 Å². The Balaban J connectivity index is 1.89. The van der Waals surface area contributed by atoms with E-state index in [2.05, 4.69) is 24.1 Å². The lowest BCUT2D eigenvalue weighted by atomic mass is 9.71. The van der Waals surface area contributed by atoms with Gasteiger partial charge in [-0.05, 0) is 44.7 Å². The Hall–Kier alpha value is -1.35. The molecule has 108 valence electrons. The fourth-order valence-electron chi connectivity index (χ4n) is 4.15. The first-order valence-corrected chi connectivity index (χ1v) is 7.49. The normalized spacial score (nSPS) is 33.1. The first-order chi connectivity index (χ1) is 9.64. The molecule has 2 saturated heterocycles. The van der Waals surface area contributed by atoms with Crippen LogP contribution in [0.4, 0.5) is 0 Å². The SMILES string of the molecule is COC(=O)C1(Cc2ccccc2)CC2CCC(C1)N2C. The number of benzene rings is 1. The second-order valence-electron chi connectivity index (χ2n) is 6.39. The van der Waals surface area contributed by atoms with E-state index in [1.807, 2.05) is 18.2 Å². The van der Waals surface area contributed by atoms with Crippen LogP contribution >= 0.6 is 0 Å². The van der Waals surface area contributed by atoms with E-state index >= 15 is 0 Å². The molecule has 2 aliphatic rings. The number of fused-ring (bicyclic) bond motifs is 2. The molecule has 2 heterocycles. The number of carbonyl (C=O) groups excluding carboxylic acids is 1. The van der Waals surface area contributed by atoms with Gasteiger partial charge in [0.05, 0.1) is 12.5 Å². The minimum Gasteiger partial charge on any atom is -0.469 e. The quantitative estimate of drug-likeness (QED) is 0.793. The lowest BCUT2D eigenvalue weighted by molar-refractivity contribution is -0.157. The Morgan fingerprint density at radius 1 is 1.25 bits per heavy atom. The van der Waals surface area contributed by atoms with Gasteiger partial charge in [0.1, 0.15) is 0 Å². The largest absolute Gasteiger partial charge is 0.469 e. The number of methoxy groups -OCH3 is 1. The molecule has 3 nitrogen and oxygen atoms in total. The van der Waals surface area contributed by atoms with Crippen molar-refractivity contribution >= 4 is 5.97 Å². The van der Waals surface area contributed by atoms with Crippen molar-refractivity contribution < 1.29 is 9.53 Å². The molecule has 0 aromatic heterocycles. The van der Waals surface area contributed by atoms with E-state index in [1.165, 1.54) is 25.5 Å². The molecule has 0 amide bonds. The van der Waals surface area contributed by atoms with Crippen LogP contribution in [-0.2, 0) is 16.0 Å². The van der Waals surface area contributed by atoms with E-state index in [-0.39, 0.29) is 11.4 Å². The zero-order chi connectivity index (χ0) is 14.2. The maximum atomic E-state index is 12.5. The van der Waals surface area contributed by atoms with Crippen LogP contribution in [0, 0.1) is 5.41 Å². The standard InChI is InChI=1S/C17H23NO2/c1-18-14-8-9-15(18)12-17(11-14,16(19)20-2)10-13-6-4-3-5-7-13/h3-7,14-15H,8-12H2,1-2H3. The Labute approximate surface area is 120 Å². The van der Waals surface area contributed by atoms with Crippen LogP contribution in [0.3, 0.4) is 0 Å². The number of rotatable bonds is 3. The first-order valence-electron chi connectivity index (χ1n) is 7.49. The highest BCUT2D eigenvalue weighted by molar-refractivity contribution is 5.77. The van der Waals surface area contributed by atoms with E-state index in [9.17, 15) is 4.79 Å². The summed E-state index contributed by atoms with van der Waals surface area (Å²) in [6.45, 7) is 0. The number of hydrogen-bond acceptors (Lipinski definition) is 3. The summed E-state index contributed by atoms with van der Waals surface area (Å²) in [4.78, 5) is 14.9. The number of piperidine rings is 1. The van der Waals surface area contributed by atoms with Gasteiger partial charge in [-0.15, -0.1) is 0 Å². The molecule has 0 radical (unpaired) electrons. The minimum absolute atomic E-state index is 0.0219. The van der Waals surface area contributed by atoms with Crippen molar-refractivity contribution in [2.75, 3.05) is 14.2 Å². The van der Waals surface area contributed by atoms with Crippen molar-refractivity contribution in [2.45, 2.75) is 44.2 Å². The Morgan fingerprint density at radius 2 is 1.85 bits per heavy atom. The molecule has 0 N–H and O–H groups in total. The molecular formula is C17H23NO2. The summed E-state index contributed by atoms with van der Waals surface area (Å²) in [5.74, 6) is -0.0219. The zero-order valence-electron chi connectivity index (χ0n) is 12.3. The van der Waals surface area contributed by atoms with Crippen LogP contribution in [0.2, 0.25) is 0 Å². The lowest BCUT2D eigenvalue weighted by Crippen LogP contribution is -2.50. The summed E-state index contributed by atoms with van der Waals surface area (Å²) in [5.41, 5.74) is 0.913. The summed E-state index contributed by atoms with van der Waals surface area (Å²) < 4.78 is 5.17. The number of carbonyl (C=O) groups is 1. The van der Waals surface area contributed by atoms with Gasteiger partial charge < -0.3 is 9.64 Å². The van der Waals surface area contributed by atoms with Gasteiger partial charge in [0.25, 0.3) is 0 Å². The molecule has 0 aliphatic carbocycles. The maximum absolute atomic E-state index is 12.5. The number of ether oxygens (including phenoxy) is 1. The fraction of sp³-hybridized carbons (Fsp3) is 0.588. The van der Waals surface area contributed by atoms with Crippen LogP contribution in [0.5, 0.6) is 0 Å². The molecule has 3 rings (SSSR count). The maximum Gasteiger partial charge on any atom is 0.312 e. The minimum atomic E-state index is -0.325. The van der Waals surface area contributed by atoms with E-state index in [0.29, 0.717) is 12.1 Å². The Morgan fingerprint density at radius 3 is 2.40 bits per heavy atom. The highest BCUT2D eigenvalue weighted by Gasteiger charge is 2.51. The van der Waals surface area contributed by atoms with Gasteiger partial charge in [-0.2, -0.15) is 0 Å². The molecule has 0 spiro atoms. The average molecular weight is 273 g/mol.